The Bertz CT molecular complexity index is 155. The Morgan fingerprint density at radius 2 is 1.93 bits per heavy atom. The highest BCUT2D eigenvalue weighted by molar-refractivity contribution is 4.75. The zero-order chi connectivity index (χ0) is 11.1. The average molecular weight is 213 g/mol. The van der Waals surface area contributed by atoms with Crippen LogP contribution in [0.15, 0.2) is 0 Å². The minimum atomic E-state index is 0.381. The van der Waals surface area contributed by atoms with Gasteiger partial charge in [-0.05, 0) is 32.7 Å². The molecule has 1 N–H and O–H groups in total. The van der Waals surface area contributed by atoms with Gasteiger partial charge in [0.05, 0.1) is 6.10 Å². The van der Waals surface area contributed by atoms with Crippen molar-refractivity contribution in [3.63, 3.8) is 0 Å². The van der Waals surface area contributed by atoms with E-state index in [0.29, 0.717) is 12.1 Å². The number of rotatable bonds is 6. The lowest BCUT2D eigenvalue weighted by atomic mass is 9.84. The molecule has 0 saturated heterocycles. The molecule has 0 aromatic carbocycles. The molecule has 1 rings (SSSR count). The lowest BCUT2D eigenvalue weighted by Gasteiger charge is -2.27. The van der Waals surface area contributed by atoms with Gasteiger partial charge in [-0.3, -0.25) is 0 Å². The maximum atomic E-state index is 5.33. The second-order valence-corrected chi connectivity index (χ2v) is 5.01. The van der Waals surface area contributed by atoms with Gasteiger partial charge in [-0.1, -0.05) is 32.1 Å². The fourth-order valence-electron chi connectivity index (χ4n) is 2.65. The Hall–Kier alpha value is -0.0800. The predicted octanol–water partition coefficient (Wildman–Crippen LogP) is 2.97. The van der Waals surface area contributed by atoms with Gasteiger partial charge >= 0.3 is 0 Å². The molecule has 1 aliphatic rings. The molecule has 0 spiro atoms. The minimum absolute atomic E-state index is 0.381. The Labute approximate surface area is 94.8 Å². The third-order valence-corrected chi connectivity index (χ3v) is 3.77. The van der Waals surface area contributed by atoms with Crippen molar-refractivity contribution in [1.82, 2.24) is 5.32 Å². The summed E-state index contributed by atoms with van der Waals surface area (Å²) >= 11 is 0. The van der Waals surface area contributed by atoms with Gasteiger partial charge in [0.2, 0.25) is 0 Å². The second kappa shape index (κ2) is 7.24. The van der Waals surface area contributed by atoms with Crippen molar-refractivity contribution < 1.29 is 4.74 Å². The van der Waals surface area contributed by atoms with E-state index in [1.807, 2.05) is 0 Å². The highest BCUT2D eigenvalue weighted by atomic mass is 16.5. The van der Waals surface area contributed by atoms with Gasteiger partial charge in [0.25, 0.3) is 0 Å². The zero-order valence-electron chi connectivity index (χ0n) is 10.6. The van der Waals surface area contributed by atoms with E-state index < -0.39 is 0 Å². The average Bonchev–Trinajstić information content (AvgIpc) is 2.29. The molecule has 0 bridgehead atoms. The van der Waals surface area contributed by atoms with E-state index in [4.69, 9.17) is 4.74 Å². The first-order chi connectivity index (χ1) is 7.26. The molecule has 90 valence electrons. The smallest absolute Gasteiger partial charge is 0.0558 e. The van der Waals surface area contributed by atoms with Crippen molar-refractivity contribution in [2.45, 2.75) is 64.0 Å². The molecule has 0 aromatic rings. The van der Waals surface area contributed by atoms with E-state index in [1.54, 1.807) is 7.11 Å². The summed E-state index contributed by atoms with van der Waals surface area (Å²) in [5, 5.41) is 3.43. The Morgan fingerprint density at radius 3 is 2.47 bits per heavy atom. The zero-order valence-corrected chi connectivity index (χ0v) is 10.6. The quantitative estimate of drug-likeness (QED) is 0.732. The summed E-state index contributed by atoms with van der Waals surface area (Å²) in [5.74, 6) is 0.959. The van der Waals surface area contributed by atoms with Gasteiger partial charge in [-0.2, -0.15) is 0 Å². The Morgan fingerprint density at radius 1 is 1.27 bits per heavy atom. The molecule has 1 fully saturated rings. The van der Waals surface area contributed by atoms with Crippen molar-refractivity contribution in [3.8, 4) is 0 Å². The first kappa shape index (κ1) is 13.0. The third kappa shape index (κ3) is 4.98. The summed E-state index contributed by atoms with van der Waals surface area (Å²) in [5.41, 5.74) is 0. The molecule has 1 saturated carbocycles. The number of methoxy groups -OCH3 is 1. The predicted molar refractivity (Wildman–Crippen MR) is 65.1 cm³/mol. The second-order valence-electron chi connectivity index (χ2n) is 5.01. The fourth-order valence-corrected chi connectivity index (χ4v) is 2.65. The molecule has 0 amide bonds. The van der Waals surface area contributed by atoms with Gasteiger partial charge in [-0.15, -0.1) is 0 Å². The first-order valence-corrected chi connectivity index (χ1v) is 6.46. The number of ether oxygens (including phenoxy) is 1. The van der Waals surface area contributed by atoms with E-state index in [1.165, 1.54) is 38.5 Å². The summed E-state index contributed by atoms with van der Waals surface area (Å²) in [7, 11) is 3.88. The van der Waals surface area contributed by atoms with E-state index >= 15 is 0 Å². The summed E-state index contributed by atoms with van der Waals surface area (Å²) in [6.45, 7) is 2.16. The van der Waals surface area contributed by atoms with Crippen LogP contribution in [-0.4, -0.2) is 26.3 Å². The van der Waals surface area contributed by atoms with E-state index in [-0.39, 0.29) is 0 Å². The summed E-state index contributed by atoms with van der Waals surface area (Å²) in [6.07, 6.45) is 10.1. The van der Waals surface area contributed by atoms with Gasteiger partial charge in [0, 0.05) is 13.2 Å². The van der Waals surface area contributed by atoms with Crippen LogP contribution >= 0.6 is 0 Å². The van der Waals surface area contributed by atoms with Crippen LogP contribution in [0.3, 0.4) is 0 Å². The van der Waals surface area contributed by atoms with Crippen LogP contribution in [0.2, 0.25) is 0 Å². The van der Waals surface area contributed by atoms with Crippen molar-refractivity contribution in [2.24, 2.45) is 5.92 Å². The topological polar surface area (TPSA) is 21.3 Å². The van der Waals surface area contributed by atoms with Crippen molar-refractivity contribution in [3.05, 3.63) is 0 Å². The highest BCUT2D eigenvalue weighted by Crippen LogP contribution is 2.28. The normalized spacial score (nSPS) is 22.6. The van der Waals surface area contributed by atoms with Crippen LogP contribution < -0.4 is 5.32 Å². The molecule has 2 nitrogen and oxygen atoms in total. The molecule has 2 unspecified atom stereocenters. The van der Waals surface area contributed by atoms with E-state index in [0.717, 1.165) is 12.3 Å². The fraction of sp³-hybridized carbons (Fsp3) is 1.00. The summed E-state index contributed by atoms with van der Waals surface area (Å²) < 4.78 is 5.33. The molecule has 15 heavy (non-hydrogen) atoms. The van der Waals surface area contributed by atoms with Crippen LogP contribution in [0.4, 0.5) is 0 Å². The number of nitrogens with one attached hydrogen (secondary N) is 1. The van der Waals surface area contributed by atoms with Crippen molar-refractivity contribution in [2.75, 3.05) is 14.2 Å². The maximum absolute atomic E-state index is 5.33. The molecule has 0 aliphatic heterocycles. The Balaban J connectivity index is 2.25. The van der Waals surface area contributed by atoms with Crippen molar-refractivity contribution in [1.29, 1.82) is 0 Å². The largest absolute Gasteiger partial charge is 0.382 e. The van der Waals surface area contributed by atoms with Gasteiger partial charge in [-0.25, -0.2) is 0 Å². The third-order valence-electron chi connectivity index (χ3n) is 3.77. The van der Waals surface area contributed by atoms with Crippen LogP contribution in [0, 0.1) is 5.92 Å². The summed E-state index contributed by atoms with van der Waals surface area (Å²) in [6, 6.07) is 0.642. The van der Waals surface area contributed by atoms with Gasteiger partial charge < -0.3 is 10.1 Å². The Kier molecular flexibility index (Phi) is 6.26. The molecular weight excluding hydrogens is 186 g/mol. The molecule has 2 heteroatoms. The molecular formula is C13H27NO. The van der Waals surface area contributed by atoms with E-state index in [9.17, 15) is 0 Å². The van der Waals surface area contributed by atoms with Crippen LogP contribution in [0.1, 0.15) is 51.9 Å². The molecule has 1 aliphatic carbocycles. The molecule has 2 atom stereocenters. The standard InChI is InChI=1S/C13H27NO/c1-11(15-3)9-13(14-2)10-12-7-5-4-6-8-12/h11-14H,4-10H2,1-3H3. The SMILES string of the molecule is CNC(CC1CCCCC1)CC(C)OC. The lowest BCUT2D eigenvalue weighted by molar-refractivity contribution is 0.0967. The van der Waals surface area contributed by atoms with Gasteiger partial charge in [0.1, 0.15) is 0 Å². The number of hydrogen-bond donors (Lipinski definition) is 1. The molecule has 0 heterocycles. The van der Waals surface area contributed by atoms with Crippen LogP contribution in [0.5, 0.6) is 0 Å². The first-order valence-electron chi connectivity index (χ1n) is 6.46. The maximum Gasteiger partial charge on any atom is 0.0558 e. The lowest BCUT2D eigenvalue weighted by Crippen LogP contribution is -2.32. The monoisotopic (exact) mass is 213 g/mol. The summed E-state index contributed by atoms with van der Waals surface area (Å²) in [4.78, 5) is 0. The van der Waals surface area contributed by atoms with Crippen molar-refractivity contribution >= 4 is 0 Å². The number of hydrogen-bond acceptors (Lipinski definition) is 2. The molecule has 0 radical (unpaired) electrons. The van der Waals surface area contributed by atoms with Crippen LogP contribution in [-0.2, 0) is 4.74 Å². The molecule has 0 aromatic heterocycles. The van der Waals surface area contributed by atoms with Gasteiger partial charge in [0.15, 0.2) is 0 Å². The highest BCUT2D eigenvalue weighted by Gasteiger charge is 2.19. The minimum Gasteiger partial charge on any atom is -0.382 e. The van der Waals surface area contributed by atoms with Crippen LogP contribution in [0.25, 0.3) is 0 Å². The van der Waals surface area contributed by atoms with E-state index in [2.05, 4.69) is 19.3 Å².